The van der Waals surface area contributed by atoms with E-state index in [4.69, 9.17) is 15.2 Å². The Bertz CT molecular complexity index is 715. The first-order chi connectivity index (χ1) is 11.6. The van der Waals surface area contributed by atoms with Gasteiger partial charge in [-0.3, -0.25) is 0 Å². The number of benzene rings is 2. The largest absolute Gasteiger partial charge is 0.493 e. The summed E-state index contributed by atoms with van der Waals surface area (Å²) in [4.78, 5) is 4.29. The van der Waals surface area contributed by atoms with Crippen molar-refractivity contribution in [2.75, 3.05) is 13.7 Å². The summed E-state index contributed by atoms with van der Waals surface area (Å²) < 4.78 is 11.1. The van der Waals surface area contributed by atoms with E-state index in [1.54, 1.807) is 7.11 Å². The second-order valence-electron chi connectivity index (χ2n) is 5.41. The van der Waals surface area contributed by atoms with E-state index in [1.165, 1.54) is 0 Å². The highest BCUT2D eigenvalue weighted by molar-refractivity contribution is 14.0. The molecule has 0 atom stereocenters. The van der Waals surface area contributed by atoms with Crippen LogP contribution in [0.1, 0.15) is 12.5 Å². The Morgan fingerprint density at radius 3 is 2.36 bits per heavy atom. The molecule has 0 spiro atoms. The Balaban J connectivity index is 0.00000312. The Morgan fingerprint density at radius 2 is 1.76 bits per heavy atom. The molecule has 25 heavy (non-hydrogen) atoms. The second kappa shape index (κ2) is 10.6. The molecule has 6 heteroatoms. The predicted molar refractivity (Wildman–Crippen MR) is 113 cm³/mol. The molecule has 0 radical (unpaired) electrons. The first-order valence-electron chi connectivity index (χ1n) is 7.66. The number of nitrogens with one attached hydrogen (secondary N) is 1. The Kier molecular flexibility index (Phi) is 8.83. The van der Waals surface area contributed by atoms with Crippen LogP contribution in [0.25, 0.3) is 0 Å². The summed E-state index contributed by atoms with van der Waals surface area (Å²) in [5.41, 5.74) is 7.84. The highest BCUT2D eigenvalue weighted by Crippen LogP contribution is 2.30. The molecule has 0 amide bonds. The number of para-hydroxylation sites is 2. The summed E-state index contributed by atoms with van der Waals surface area (Å²) in [5, 5.41) is 3.00. The molecule has 0 aliphatic heterocycles. The average Bonchev–Trinajstić information content (AvgIpc) is 2.60. The van der Waals surface area contributed by atoms with Crippen molar-refractivity contribution in [1.82, 2.24) is 5.32 Å². The van der Waals surface area contributed by atoms with Gasteiger partial charge in [0.05, 0.1) is 13.7 Å². The van der Waals surface area contributed by atoms with Crippen LogP contribution < -0.4 is 20.5 Å². The number of guanidine groups is 1. The van der Waals surface area contributed by atoms with Crippen molar-refractivity contribution in [3.8, 4) is 17.2 Å². The van der Waals surface area contributed by atoms with Gasteiger partial charge in [0, 0.05) is 6.54 Å². The molecule has 134 valence electrons. The minimum atomic E-state index is 0. The molecule has 0 heterocycles. The van der Waals surface area contributed by atoms with Crippen LogP contribution in [-0.2, 0) is 6.54 Å². The fourth-order valence-corrected chi connectivity index (χ4v) is 1.97. The van der Waals surface area contributed by atoms with Gasteiger partial charge in [-0.25, -0.2) is 4.99 Å². The van der Waals surface area contributed by atoms with E-state index in [1.807, 2.05) is 55.5 Å². The van der Waals surface area contributed by atoms with Crippen molar-refractivity contribution in [3.05, 3.63) is 66.2 Å². The molecule has 0 bridgehead atoms. The topological polar surface area (TPSA) is 68.9 Å². The Hall–Kier alpha value is -2.22. The third kappa shape index (κ3) is 7.04. The Labute approximate surface area is 166 Å². The average molecular weight is 453 g/mol. The molecule has 0 saturated carbocycles. The molecular weight excluding hydrogens is 429 g/mol. The lowest BCUT2D eigenvalue weighted by Crippen LogP contribution is -2.32. The standard InChI is InChI=1S/C19H23N3O2.HI/c1-14(2)12-21-19(20)22-13-15-8-10-16(11-9-15)24-18-7-5-4-6-17(18)23-3;/h4-11H,1,12-13H2,2-3H3,(H3,20,21,22);1H. The maximum Gasteiger partial charge on any atom is 0.189 e. The molecule has 0 aliphatic rings. The number of hydrogen-bond donors (Lipinski definition) is 2. The van der Waals surface area contributed by atoms with Crippen LogP contribution in [0.3, 0.4) is 0 Å². The van der Waals surface area contributed by atoms with E-state index in [2.05, 4.69) is 16.9 Å². The molecule has 3 N–H and O–H groups in total. The number of hydrogen-bond acceptors (Lipinski definition) is 3. The smallest absolute Gasteiger partial charge is 0.189 e. The lowest BCUT2D eigenvalue weighted by molar-refractivity contribution is 0.379. The van der Waals surface area contributed by atoms with Gasteiger partial charge in [-0.15, -0.1) is 24.0 Å². The number of methoxy groups -OCH3 is 1. The first-order valence-corrected chi connectivity index (χ1v) is 7.66. The molecule has 0 fully saturated rings. The van der Waals surface area contributed by atoms with Crippen LogP contribution in [0.2, 0.25) is 0 Å². The van der Waals surface area contributed by atoms with Crippen molar-refractivity contribution in [2.24, 2.45) is 10.7 Å². The summed E-state index contributed by atoms with van der Waals surface area (Å²) in [6, 6.07) is 15.2. The minimum Gasteiger partial charge on any atom is -0.493 e. The minimum absolute atomic E-state index is 0. The predicted octanol–water partition coefficient (Wildman–Crippen LogP) is 4.09. The third-order valence-corrected chi connectivity index (χ3v) is 3.22. The summed E-state index contributed by atoms with van der Waals surface area (Å²) in [5.74, 6) is 2.52. The molecule has 0 unspecified atom stereocenters. The van der Waals surface area contributed by atoms with Crippen LogP contribution in [0, 0.1) is 0 Å². The molecule has 5 nitrogen and oxygen atoms in total. The molecular formula is C19H24IN3O2. The highest BCUT2D eigenvalue weighted by Gasteiger charge is 2.04. The van der Waals surface area contributed by atoms with Gasteiger partial charge in [0.15, 0.2) is 17.5 Å². The first kappa shape index (κ1) is 20.8. The highest BCUT2D eigenvalue weighted by atomic mass is 127. The van der Waals surface area contributed by atoms with Gasteiger partial charge in [0.2, 0.25) is 0 Å². The van der Waals surface area contributed by atoms with E-state index in [0.29, 0.717) is 30.5 Å². The van der Waals surface area contributed by atoms with Crippen LogP contribution in [0.5, 0.6) is 17.2 Å². The van der Waals surface area contributed by atoms with Gasteiger partial charge in [-0.2, -0.15) is 0 Å². The van der Waals surface area contributed by atoms with Crippen LogP contribution >= 0.6 is 24.0 Å². The number of halogens is 1. The summed E-state index contributed by atoms with van der Waals surface area (Å²) >= 11 is 0. The fourth-order valence-electron chi connectivity index (χ4n) is 1.97. The van der Waals surface area contributed by atoms with E-state index >= 15 is 0 Å². The molecule has 2 aromatic carbocycles. The van der Waals surface area contributed by atoms with Crippen molar-refractivity contribution < 1.29 is 9.47 Å². The van der Waals surface area contributed by atoms with E-state index in [9.17, 15) is 0 Å². The molecule has 2 aromatic rings. The van der Waals surface area contributed by atoms with Crippen molar-refractivity contribution in [2.45, 2.75) is 13.5 Å². The van der Waals surface area contributed by atoms with Gasteiger partial charge in [0.25, 0.3) is 0 Å². The second-order valence-corrected chi connectivity index (χ2v) is 5.41. The van der Waals surface area contributed by atoms with E-state index in [-0.39, 0.29) is 24.0 Å². The van der Waals surface area contributed by atoms with Gasteiger partial charge >= 0.3 is 0 Å². The lowest BCUT2D eigenvalue weighted by Gasteiger charge is -2.10. The third-order valence-electron chi connectivity index (χ3n) is 3.22. The monoisotopic (exact) mass is 453 g/mol. The zero-order chi connectivity index (χ0) is 17.4. The van der Waals surface area contributed by atoms with E-state index in [0.717, 1.165) is 16.9 Å². The van der Waals surface area contributed by atoms with Crippen molar-refractivity contribution in [3.63, 3.8) is 0 Å². The number of nitrogens with two attached hydrogens (primary N) is 1. The van der Waals surface area contributed by atoms with Crippen LogP contribution in [0.4, 0.5) is 0 Å². The Morgan fingerprint density at radius 1 is 1.12 bits per heavy atom. The van der Waals surface area contributed by atoms with Crippen molar-refractivity contribution in [1.29, 1.82) is 0 Å². The maximum atomic E-state index is 5.84. The number of aliphatic imine (C=N–C) groups is 1. The lowest BCUT2D eigenvalue weighted by atomic mass is 10.2. The quantitative estimate of drug-likeness (QED) is 0.287. The summed E-state index contributed by atoms with van der Waals surface area (Å²) in [6.45, 7) is 6.87. The normalized spacial score (nSPS) is 10.6. The SMILES string of the molecule is C=C(C)CNC(N)=NCc1ccc(Oc2ccccc2OC)cc1.I. The number of ether oxygens (including phenoxy) is 2. The van der Waals surface area contributed by atoms with Gasteiger partial charge in [-0.1, -0.05) is 36.4 Å². The number of rotatable bonds is 7. The van der Waals surface area contributed by atoms with Crippen LogP contribution in [0.15, 0.2) is 65.7 Å². The van der Waals surface area contributed by atoms with Crippen LogP contribution in [-0.4, -0.2) is 19.6 Å². The van der Waals surface area contributed by atoms with E-state index < -0.39 is 0 Å². The maximum absolute atomic E-state index is 5.84. The summed E-state index contributed by atoms with van der Waals surface area (Å²) in [6.07, 6.45) is 0. The zero-order valence-corrected chi connectivity index (χ0v) is 16.8. The molecule has 0 aliphatic carbocycles. The molecule has 0 saturated heterocycles. The van der Waals surface area contributed by atoms with Gasteiger partial charge in [0.1, 0.15) is 5.75 Å². The zero-order valence-electron chi connectivity index (χ0n) is 14.5. The number of nitrogens with zero attached hydrogens (tertiary/aromatic N) is 1. The molecule has 2 rings (SSSR count). The summed E-state index contributed by atoms with van der Waals surface area (Å²) in [7, 11) is 1.62. The fraction of sp³-hybridized carbons (Fsp3) is 0.211. The van der Waals surface area contributed by atoms with Crippen molar-refractivity contribution >= 4 is 29.9 Å². The van der Waals surface area contributed by atoms with Gasteiger partial charge < -0.3 is 20.5 Å². The molecule has 0 aromatic heterocycles. The van der Waals surface area contributed by atoms with Gasteiger partial charge in [-0.05, 0) is 36.8 Å².